The van der Waals surface area contributed by atoms with Gasteiger partial charge in [0, 0.05) is 6.42 Å². The molecule has 0 bridgehead atoms. The van der Waals surface area contributed by atoms with Gasteiger partial charge in [-0.2, -0.15) is 47.9 Å². The molecule has 0 aromatic heterocycles. The largest absolute Gasteiger partial charge is 0.460 e. The minimum atomic E-state index is -7.35. The summed E-state index contributed by atoms with van der Waals surface area (Å²) >= 11 is 0. The van der Waals surface area contributed by atoms with Crippen LogP contribution in [0.3, 0.4) is 0 Å². The molecule has 0 aromatic carbocycles. The van der Waals surface area contributed by atoms with Crippen LogP contribution in [-0.4, -0.2) is 45.0 Å². The highest BCUT2D eigenvalue weighted by Gasteiger charge is 2.85. The number of rotatable bonds is 7. The molecule has 0 N–H and O–H groups in total. The maximum Gasteiger partial charge on any atom is 0.460 e. The molecule has 0 unspecified atom stereocenters. The van der Waals surface area contributed by atoms with E-state index in [1.165, 1.54) is 0 Å². The Kier molecular flexibility index (Phi) is 5.56. The summed E-state index contributed by atoms with van der Waals surface area (Å²) in [6.07, 6.45) is -8.04. The molecular weight excluding hydrogens is 354 g/mol. The molecule has 0 aliphatic heterocycles. The van der Waals surface area contributed by atoms with Crippen molar-refractivity contribution in [1.82, 2.24) is 0 Å². The fraction of sp³-hybridized carbons (Fsp3) is 1.00. The average Bonchev–Trinajstić information content (AvgIpc) is 2.26. The van der Waals surface area contributed by atoms with E-state index in [-0.39, 0.29) is 0 Å². The van der Waals surface area contributed by atoms with E-state index in [0.717, 1.165) is 0 Å². The van der Waals surface area contributed by atoms with Crippen LogP contribution in [0.5, 0.6) is 0 Å². The summed E-state index contributed by atoms with van der Waals surface area (Å²) in [5.74, 6) is -14.7. The van der Waals surface area contributed by atoms with Gasteiger partial charge in [-0.3, -0.25) is 8.57 Å². The predicted octanol–water partition coefficient (Wildman–Crippen LogP) is 3.12. The van der Waals surface area contributed by atoms with Crippen molar-refractivity contribution in [2.45, 2.75) is 29.7 Å². The molecule has 0 aromatic rings. The Morgan fingerprint density at radius 1 is 0.810 bits per heavy atom. The monoisotopic (exact) mass is 360 g/mol. The Morgan fingerprint density at radius 2 is 1.24 bits per heavy atom. The SMILES string of the molecule is O=S(=O)(OCCCF)C(F)(F)C(F)(F)C(F)(F)C(F)(F)F. The van der Waals surface area contributed by atoms with Crippen molar-refractivity contribution >= 4 is 10.1 Å². The highest BCUT2D eigenvalue weighted by molar-refractivity contribution is 7.87. The first-order valence-electron chi connectivity index (χ1n) is 4.71. The lowest BCUT2D eigenvalue weighted by Gasteiger charge is -2.32. The summed E-state index contributed by atoms with van der Waals surface area (Å²) in [6, 6.07) is 0. The zero-order valence-electron chi connectivity index (χ0n) is 9.53. The van der Waals surface area contributed by atoms with Gasteiger partial charge < -0.3 is 0 Å². The summed E-state index contributed by atoms with van der Waals surface area (Å²) in [5, 5.41) is -6.89. The summed E-state index contributed by atoms with van der Waals surface area (Å²) < 4.78 is 147. The molecule has 128 valence electrons. The van der Waals surface area contributed by atoms with E-state index in [2.05, 4.69) is 4.18 Å². The molecule has 0 fully saturated rings. The molecule has 0 amide bonds. The Balaban J connectivity index is 5.67. The van der Waals surface area contributed by atoms with Crippen LogP contribution in [0, 0.1) is 0 Å². The summed E-state index contributed by atoms with van der Waals surface area (Å²) in [5.41, 5.74) is 0. The lowest BCUT2D eigenvalue weighted by Crippen LogP contribution is -2.63. The third-order valence-corrected chi connectivity index (χ3v) is 3.31. The van der Waals surface area contributed by atoms with Crippen molar-refractivity contribution in [3.8, 4) is 0 Å². The van der Waals surface area contributed by atoms with Crippen molar-refractivity contribution < 1.29 is 56.5 Å². The normalized spacial score (nSPS) is 15.3. The Hall–Kier alpha value is -0.790. The fourth-order valence-corrected chi connectivity index (χ4v) is 1.74. The first-order valence-corrected chi connectivity index (χ1v) is 6.12. The molecule has 0 rings (SSSR count). The van der Waals surface area contributed by atoms with Gasteiger partial charge in [0.15, 0.2) is 0 Å². The summed E-state index contributed by atoms with van der Waals surface area (Å²) in [6.45, 7) is -2.78. The van der Waals surface area contributed by atoms with Crippen molar-refractivity contribution in [1.29, 1.82) is 0 Å². The zero-order chi connectivity index (χ0) is 17.3. The minimum Gasteiger partial charge on any atom is -0.265 e. The van der Waals surface area contributed by atoms with E-state index in [1.807, 2.05) is 0 Å². The van der Waals surface area contributed by atoms with Gasteiger partial charge >= 0.3 is 33.4 Å². The molecule has 14 heteroatoms. The van der Waals surface area contributed by atoms with Crippen molar-refractivity contribution in [2.24, 2.45) is 0 Å². The second kappa shape index (κ2) is 5.78. The van der Waals surface area contributed by atoms with Gasteiger partial charge in [0.2, 0.25) is 0 Å². The Morgan fingerprint density at radius 3 is 1.57 bits per heavy atom. The van der Waals surface area contributed by atoms with Gasteiger partial charge in [-0.15, -0.1) is 0 Å². The Bertz CT molecular complexity index is 454. The molecule has 0 saturated carbocycles. The highest BCUT2D eigenvalue weighted by Crippen LogP contribution is 2.54. The fourth-order valence-electron chi connectivity index (χ4n) is 0.815. The molecule has 0 radical (unpaired) electrons. The van der Waals surface area contributed by atoms with Crippen LogP contribution in [0.4, 0.5) is 43.9 Å². The maximum absolute atomic E-state index is 12.9. The Labute approximate surface area is 111 Å². The first-order chi connectivity index (χ1) is 9.06. The number of hydrogen-bond donors (Lipinski definition) is 0. The van der Waals surface area contributed by atoms with Gasteiger partial charge in [-0.25, -0.2) is 0 Å². The first kappa shape index (κ1) is 20.2. The molecule has 21 heavy (non-hydrogen) atoms. The number of halogens is 10. The third-order valence-electron chi connectivity index (χ3n) is 1.95. The molecule has 3 nitrogen and oxygen atoms in total. The van der Waals surface area contributed by atoms with Crippen LogP contribution in [-0.2, 0) is 14.3 Å². The van der Waals surface area contributed by atoms with Gasteiger partial charge in [0.1, 0.15) is 0 Å². The van der Waals surface area contributed by atoms with Crippen molar-refractivity contribution in [3.63, 3.8) is 0 Å². The number of alkyl halides is 10. The minimum absolute atomic E-state index is 0.892. The smallest absolute Gasteiger partial charge is 0.265 e. The maximum atomic E-state index is 12.9. The second-order valence-electron chi connectivity index (χ2n) is 3.48. The highest BCUT2D eigenvalue weighted by atomic mass is 32.2. The van der Waals surface area contributed by atoms with Crippen molar-refractivity contribution in [3.05, 3.63) is 0 Å². The lowest BCUT2D eigenvalue weighted by atomic mass is 10.1. The van der Waals surface area contributed by atoms with E-state index in [0.29, 0.717) is 0 Å². The van der Waals surface area contributed by atoms with Crippen LogP contribution < -0.4 is 0 Å². The van der Waals surface area contributed by atoms with Crippen LogP contribution in [0.15, 0.2) is 0 Å². The molecule has 0 aliphatic carbocycles. The van der Waals surface area contributed by atoms with Crippen LogP contribution >= 0.6 is 0 Å². The second-order valence-corrected chi connectivity index (χ2v) is 5.14. The average molecular weight is 360 g/mol. The van der Waals surface area contributed by atoms with Gasteiger partial charge in [-0.05, 0) is 0 Å². The third kappa shape index (κ3) is 3.35. The van der Waals surface area contributed by atoms with E-state index in [9.17, 15) is 52.3 Å². The van der Waals surface area contributed by atoms with E-state index < -0.39 is 53.1 Å². The molecule has 0 atom stereocenters. The molecule has 0 saturated heterocycles. The molecule has 0 aliphatic rings. The van der Waals surface area contributed by atoms with Gasteiger partial charge in [-0.1, -0.05) is 0 Å². The molecular formula is C7H6F10O3S. The summed E-state index contributed by atoms with van der Waals surface area (Å²) in [7, 11) is -6.86. The van der Waals surface area contributed by atoms with Crippen LogP contribution in [0.1, 0.15) is 6.42 Å². The van der Waals surface area contributed by atoms with E-state index in [1.54, 1.807) is 0 Å². The van der Waals surface area contributed by atoms with E-state index in [4.69, 9.17) is 0 Å². The van der Waals surface area contributed by atoms with Crippen LogP contribution in [0.25, 0.3) is 0 Å². The predicted molar refractivity (Wildman–Crippen MR) is 46.4 cm³/mol. The molecule has 0 spiro atoms. The van der Waals surface area contributed by atoms with Crippen molar-refractivity contribution in [2.75, 3.05) is 13.3 Å². The lowest BCUT2D eigenvalue weighted by molar-refractivity contribution is -0.382. The topological polar surface area (TPSA) is 43.4 Å². The van der Waals surface area contributed by atoms with E-state index >= 15 is 0 Å². The van der Waals surface area contributed by atoms with Gasteiger partial charge in [0.05, 0.1) is 13.3 Å². The standard InChI is InChI=1S/C7H6F10O3S/c8-2-1-3-20-21(18,19)7(16,17)5(11,12)4(9,10)6(13,14)15/h1-3H2. The zero-order valence-corrected chi connectivity index (χ0v) is 10.4. The van der Waals surface area contributed by atoms with Gasteiger partial charge in [0.25, 0.3) is 0 Å². The number of hydrogen-bond acceptors (Lipinski definition) is 3. The molecule has 0 heterocycles. The van der Waals surface area contributed by atoms with Crippen LogP contribution in [0.2, 0.25) is 0 Å². The quantitative estimate of drug-likeness (QED) is 0.398. The summed E-state index contributed by atoms with van der Waals surface area (Å²) in [4.78, 5) is 0.